The maximum absolute atomic E-state index is 11.5. The number of carbonyl (C=O) groups excluding carboxylic acids is 1. The van der Waals surface area contributed by atoms with Crippen LogP contribution in [0.2, 0.25) is 5.02 Å². The molecule has 1 aliphatic rings. The van der Waals surface area contributed by atoms with Gasteiger partial charge in [-0.1, -0.05) is 18.5 Å². The van der Waals surface area contributed by atoms with Crippen molar-refractivity contribution in [3.05, 3.63) is 28.8 Å². The summed E-state index contributed by atoms with van der Waals surface area (Å²) < 4.78 is 10.7. The molecule has 1 saturated heterocycles. The second-order valence-electron chi connectivity index (χ2n) is 4.52. The normalized spacial score (nSPS) is 20.2. The minimum atomic E-state index is -0.506. The van der Waals surface area contributed by atoms with Crippen LogP contribution in [0, 0.1) is 0 Å². The Bertz CT molecular complexity index is 464. The molecule has 5 heteroatoms. The zero-order chi connectivity index (χ0) is 13.8. The molecule has 0 spiro atoms. The van der Waals surface area contributed by atoms with E-state index in [0.29, 0.717) is 23.8 Å². The van der Waals surface area contributed by atoms with Crippen LogP contribution in [0.15, 0.2) is 18.2 Å². The highest BCUT2D eigenvalue weighted by molar-refractivity contribution is 6.30. The Hall–Kier alpha value is -1.26. The molecule has 1 fully saturated rings. The second kappa shape index (κ2) is 6.26. The lowest BCUT2D eigenvalue weighted by atomic mass is 10.1. The molecule has 1 aromatic rings. The first kappa shape index (κ1) is 14.2. The molecule has 0 aliphatic carbocycles. The smallest absolute Gasteiger partial charge is 0.347 e. The molecule has 0 amide bonds. The van der Waals surface area contributed by atoms with Gasteiger partial charge >= 0.3 is 5.97 Å². The Labute approximate surface area is 118 Å². The van der Waals surface area contributed by atoms with Gasteiger partial charge in [0.25, 0.3) is 0 Å². The highest BCUT2D eigenvalue weighted by atomic mass is 35.5. The van der Waals surface area contributed by atoms with Crippen molar-refractivity contribution in [1.29, 1.82) is 0 Å². The lowest BCUT2D eigenvalue weighted by molar-refractivity contribution is -0.143. The van der Waals surface area contributed by atoms with Crippen LogP contribution in [-0.2, 0) is 9.53 Å². The fourth-order valence-electron chi connectivity index (χ4n) is 2.12. The van der Waals surface area contributed by atoms with Crippen LogP contribution in [-0.4, -0.2) is 25.2 Å². The fraction of sp³-hybridized carbons (Fsp3) is 0.500. The van der Waals surface area contributed by atoms with Gasteiger partial charge in [-0.05, 0) is 31.7 Å². The summed E-state index contributed by atoms with van der Waals surface area (Å²) in [6.45, 7) is 5.35. The molecule has 104 valence electrons. The molecule has 1 heterocycles. The summed E-state index contributed by atoms with van der Waals surface area (Å²) in [5, 5.41) is 3.96. The van der Waals surface area contributed by atoms with Crippen molar-refractivity contribution in [2.45, 2.75) is 32.4 Å². The van der Waals surface area contributed by atoms with Crippen LogP contribution >= 0.6 is 11.6 Å². The largest absolute Gasteiger partial charge is 0.478 e. The lowest BCUT2D eigenvalue weighted by Crippen LogP contribution is -2.24. The summed E-state index contributed by atoms with van der Waals surface area (Å²) in [6, 6.07) is 5.54. The van der Waals surface area contributed by atoms with Gasteiger partial charge in [0.15, 0.2) is 6.10 Å². The van der Waals surface area contributed by atoms with E-state index in [1.807, 2.05) is 19.9 Å². The van der Waals surface area contributed by atoms with Crippen LogP contribution < -0.4 is 10.1 Å². The zero-order valence-electron chi connectivity index (χ0n) is 11.1. The number of rotatable bonds is 5. The van der Waals surface area contributed by atoms with Crippen molar-refractivity contribution < 1.29 is 14.3 Å². The Morgan fingerprint density at radius 3 is 3.00 bits per heavy atom. The van der Waals surface area contributed by atoms with Crippen molar-refractivity contribution in [3.63, 3.8) is 0 Å². The molecular formula is C14H18ClNO3. The van der Waals surface area contributed by atoms with Gasteiger partial charge < -0.3 is 14.8 Å². The molecule has 0 aromatic heterocycles. The number of hydrogen-bond acceptors (Lipinski definition) is 4. The average Bonchev–Trinajstić information content (AvgIpc) is 2.77. The summed E-state index contributed by atoms with van der Waals surface area (Å²) in [7, 11) is 0. The molecule has 2 atom stereocenters. The monoisotopic (exact) mass is 283 g/mol. The van der Waals surface area contributed by atoms with E-state index in [2.05, 4.69) is 5.32 Å². The van der Waals surface area contributed by atoms with E-state index in [1.165, 1.54) is 0 Å². The van der Waals surface area contributed by atoms with Gasteiger partial charge in [-0.3, -0.25) is 0 Å². The third-order valence-electron chi connectivity index (χ3n) is 3.11. The number of benzene rings is 1. The van der Waals surface area contributed by atoms with Crippen molar-refractivity contribution in [2.75, 3.05) is 13.2 Å². The van der Waals surface area contributed by atoms with Gasteiger partial charge in [-0.15, -0.1) is 0 Å². The Kier molecular flexibility index (Phi) is 4.66. The molecule has 4 nitrogen and oxygen atoms in total. The first-order valence-corrected chi connectivity index (χ1v) is 6.85. The molecule has 1 aromatic carbocycles. The van der Waals surface area contributed by atoms with Crippen LogP contribution in [0.4, 0.5) is 0 Å². The van der Waals surface area contributed by atoms with E-state index in [1.54, 1.807) is 12.1 Å². The average molecular weight is 284 g/mol. The Morgan fingerprint density at radius 2 is 2.37 bits per heavy atom. The Balaban J connectivity index is 2.21. The SMILES string of the molecule is CCNC(C)c1cc(Cl)ccc1OC1CCOC1=O. The van der Waals surface area contributed by atoms with Crippen molar-refractivity contribution >= 4 is 17.6 Å². The van der Waals surface area contributed by atoms with Crippen LogP contribution in [0.3, 0.4) is 0 Å². The number of carbonyl (C=O) groups is 1. The molecular weight excluding hydrogens is 266 g/mol. The molecule has 0 radical (unpaired) electrons. The van der Waals surface area contributed by atoms with E-state index in [-0.39, 0.29) is 12.0 Å². The van der Waals surface area contributed by atoms with Gasteiger partial charge in [0.05, 0.1) is 6.61 Å². The molecule has 2 unspecified atom stereocenters. The van der Waals surface area contributed by atoms with E-state index >= 15 is 0 Å². The van der Waals surface area contributed by atoms with E-state index in [4.69, 9.17) is 21.1 Å². The molecule has 0 bridgehead atoms. The Morgan fingerprint density at radius 1 is 1.58 bits per heavy atom. The predicted octanol–water partition coefficient (Wildman–Crippen LogP) is 2.70. The van der Waals surface area contributed by atoms with Crippen LogP contribution in [0.1, 0.15) is 31.9 Å². The fourth-order valence-corrected chi connectivity index (χ4v) is 2.30. The first-order valence-electron chi connectivity index (χ1n) is 6.48. The third-order valence-corrected chi connectivity index (χ3v) is 3.34. The minimum absolute atomic E-state index is 0.108. The van der Waals surface area contributed by atoms with Crippen LogP contribution in [0.5, 0.6) is 5.75 Å². The number of hydrogen-bond donors (Lipinski definition) is 1. The maximum atomic E-state index is 11.5. The van der Waals surface area contributed by atoms with Gasteiger partial charge in [0.1, 0.15) is 5.75 Å². The molecule has 19 heavy (non-hydrogen) atoms. The van der Waals surface area contributed by atoms with E-state index in [9.17, 15) is 4.79 Å². The van der Waals surface area contributed by atoms with E-state index < -0.39 is 6.10 Å². The standard InChI is InChI=1S/C14H18ClNO3/c1-3-16-9(2)11-8-10(15)4-5-12(11)19-13-6-7-18-14(13)17/h4-5,8-9,13,16H,3,6-7H2,1-2H3. The summed E-state index contributed by atoms with van der Waals surface area (Å²) in [4.78, 5) is 11.5. The third kappa shape index (κ3) is 3.39. The first-order chi connectivity index (χ1) is 9.11. The van der Waals surface area contributed by atoms with Gasteiger partial charge in [0, 0.05) is 23.0 Å². The number of ether oxygens (including phenoxy) is 2. The lowest BCUT2D eigenvalue weighted by Gasteiger charge is -2.19. The summed E-state index contributed by atoms with van der Waals surface area (Å²) in [6.07, 6.45) is 0.0880. The number of cyclic esters (lactones) is 1. The summed E-state index contributed by atoms with van der Waals surface area (Å²) in [5.41, 5.74) is 0.953. The van der Waals surface area contributed by atoms with Crippen molar-refractivity contribution in [1.82, 2.24) is 5.32 Å². The van der Waals surface area contributed by atoms with Crippen LogP contribution in [0.25, 0.3) is 0 Å². The van der Waals surface area contributed by atoms with Gasteiger partial charge in [-0.2, -0.15) is 0 Å². The zero-order valence-corrected chi connectivity index (χ0v) is 11.9. The van der Waals surface area contributed by atoms with Gasteiger partial charge in [-0.25, -0.2) is 4.79 Å². The topological polar surface area (TPSA) is 47.6 Å². The number of esters is 1. The highest BCUT2D eigenvalue weighted by Gasteiger charge is 2.29. The quantitative estimate of drug-likeness (QED) is 0.844. The number of nitrogens with one attached hydrogen (secondary N) is 1. The van der Waals surface area contributed by atoms with Gasteiger partial charge in [0.2, 0.25) is 0 Å². The van der Waals surface area contributed by atoms with Crippen molar-refractivity contribution in [3.8, 4) is 5.75 Å². The summed E-state index contributed by atoms with van der Waals surface area (Å²) in [5.74, 6) is 0.388. The van der Waals surface area contributed by atoms with E-state index in [0.717, 1.165) is 12.1 Å². The molecule has 0 saturated carbocycles. The van der Waals surface area contributed by atoms with Crippen molar-refractivity contribution in [2.24, 2.45) is 0 Å². The highest BCUT2D eigenvalue weighted by Crippen LogP contribution is 2.30. The minimum Gasteiger partial charge on any atom is -0.478 e. The number of halogens is 1. The maximum Gasteiger partial charge on any atom is 0.347 e. The molecule has 1 N–H and O–H groups in total. The molecule has 1 aliphatic heterocycles. The summed E-state index contributed by atoms with van der Waals surface area (Å²) >= 11 is 6.03. The second-order valence-corrected chi connectivity index (χ2v) is 4.96. The predicted molar refractivity (Wildman–Crippen MR) is 73.5 cm³/mol. The molecule has 2 rings (SSSR count).